The molecule has 1 amide bonds. The lowest BCUT2D eigenvalue weighted by Crippen LogP contribution is -2.33. The first-order valence-electron chi connectivity index (χ1n) is 9.58. The number of nitrogens with zero attached hydrogens (tertiary/aromatic N) is 3. The summed E-state index contributed by atoms with van der Waals surface area (Å²) in [6.07, 6.45) is 3.76. The van der Waals surface area contributed by atoms with Gasteiger partial charge in [-0.1, -0.05) is 45.4 Å². The monoisotopic (exact) mass is 381 g/mol. The van der Waals surface area contributed by atoms with Gasteiger partial charge in [-0.15, -0.1) is 0 Å². The molecule has 0 saturated heterocycles. The van der Waals surface area contributed by atoms with Crippen molar-refractivity contribution in [3.05, 3.63) is 42.0 Å². The van der Waals surface area contributed by atoms with Gasteiger partial charge in [-0.3, -0.25) is 4.79 Å². The number of carbonyl (C=O) groups is 1. The Morgan fingerprint density at radius 2 is 2.04 bits per heavy atom. The summed E-state index contributed by atoms with van der Waals surface area (Å²) in [6.45, 7) is 10.5. The summed E-state index contributed by atoms with van der Waals surface area (Å²) in [5.74, 6) is 0.888. The van der Waals surface area contributed by atoms with Crippen LogP contribution in [0.2, 0.25) is 0 Å². The van der Waals surface area contributed by atoms with Gasteiger partial charge in [-0.2, -0.15) is 0 Å². The van der Waals surface area contributed by atoms with E-state index < -0.39 is 6.10 Å². The molecule has 7 nitrogen and oxygen atoms in total. The van der Waals surface area contributed by atoms with E-state index in [1.807, 2.05) is 19.1 Å². The number of ether oxygens (including phenoxy) is 1. The smallest absolute Gasteiger partial charge is 0.266 e. The summed E-state index contributed by atoms with van der Waals surface area (Å²) < 4.78 is 6.18. The Morgan fingerprint density at radius 1 is 1.25 bits per heavy atom. The number of aryl methyl sites for hydroxylation is 1. The fraction of sp³-hybridized carbons (Fsp3) is 0.429. The first-order chi connectivity index (χ1) is 13.4. The van der Waals surface area contributed by atoms with Gasteiger partial charge in [0.1, 0.15) is 17.6 Å². The quantitative estimate of drug-likeness (QED) is 0.641. The molecule has 148 valence electrons. The number of amides is 1. The molecule has 0 aliphatic heterocycles. The molecule has 1 unspecified atom stereocenters. The molecule has 3 rings (SSSR count). The number of benzene rings is 1. The zero-order valence-electron chi connectivity index (χ0n) is 17.0. The third-order valence-electron chi connectivity index (χ3n) is 5.15. The van der Waals surface area contributed by atoms with Crippen molar-refractivity contribution in [2.24, 2.45) is 0 Å². The van der Waals surface area contributed by atoms with Crippen LogP contribution in [0.25, 0.3) is 11.2 Å². The first kappa shape index (κ1) is 19.8. The normalized spacial score (nSPS) is 12.8. The van der Waals surface area contributed by atoms with Crippen LogP contribution in [0.15, 0.2) is 30.9 Å². The molecule has 0 radical (unpaired) electrons. The largest absolute Gasteiger partial charge is 0.480 e. The van der Waals surface area contributed by atoms with E-state index in [-0.39, 0.29) is 11.3 Å². The van der Waals surface area contributed by atoms with Crippen LogP contribution in [0, 0.1) is 6.92 Å². The third kappa shape index (κ3) is 3.98. The van der Waals surface area contributed by atoms with Gasteiger partial charge in [-0.25, -0.2) is 15.0 Å². The van der Waals surface area contributed by atoms with E-state index >= 15 is 0 Å². The van der Waals surface area contributed by atoms with Crippen molar-refractivity contribution in [2.45, 2.75) is 59.0 Å². The van der Waals surface area contributed by atoms with E-state index in [2.05, 4.69) is 59.0 Å². The van der Waals surface area contributed by atoms with E-state index in [0.29, 0.717) is 23.4 Å². The molecule has 1 aromatic carbocycles. The lowest BCUT2D eigenvalue weighted by Gasteiger charge is -2.28. The molecule has 28 heavy (non-hydrogen) atoms. The lowest BCUT2D eigenvalue weighted by atomic mass is 9.81. The van der Waals surface area contributed by atoms with E-state index in [1.165, 1.54) is 18.2 Å². The van der Waals surface area contributed by atoms with E-state index in [1.54, 1.807) is 0 Å². The number of aromatic amines is 1. The van der Waals surface area contributed by atoms with Crippen LogP contribution < -0.4 is 10.1 Å². The summed E-state index contributed by atoms with van der Waals surface area (Å²) in [6, 6.07) is 6.10. The average Bonchev–Trinajstić information content (AvgIpc) is 3.16. The minimum atomic E-state index is -0.637. The Labute approximate surface area is 165 Å². The molecule has 0 saturated carbocycles. The maximum absolute atomic E-state index is 12.9. The van der Waals surface area contributed by atoms with Crippen LogP contribution in [0.1, 0.15) is 51.7 Å². The van der Waals surface area contributed by atoms with Crippen LogP contribution in [-0.4, -0.2) is 31.9 Å². The molecule has 0 fully saturated rings. The Morgan fingerprint density at radius 3 is 2.75 bits per heavy atom. The van der Waals surface area contributed by atoms with E-state index in [0.717, 1.165) is 17.7 Å². The highest BCUT2D eigenvalue weighted by Gasteiger charge is 2.26. The van der Waals surface area contributed by atoms with Crippen LogP contribution >= 0.6 is 0 Å². The Hall–Kier alpha value is -2.96. The summed E-state index contributed by atoms with van der Waals surface area (Å²) in [4.78, 5) is 28.1. The van der Waals surface area contributed by atoms with Crippen molar-refractivity contribution in [1.82, 2.24) is 19.9 Å². The number of imidazole rings is 1. The number of nitrogens with one attached hydrogen (secondary N) is 2. The summed E-state index contributed by atoms with van der Waals surface area (Å²) in [5.41, 5.74) is 3.33. The van der Waals surface area contributed by atoms with Crippen LogP contribution in [-0.2, 0) is 10.2 Å². The minimum absolute atomic E-state index is 0.0507. The fourth-order valence-corrected chi connectivity index (χ4v) is 3.00. The predicted octanol–water partition coefficient (Wildman–Crippen LogP) is 4.15. The highest BCUT2D eigenvalue weighted by Crippen LogP contribution is 2.35. The molecule has 0 bridgehead atoms. The lowest BCUT2D eigenvalue weighted by molar-refractivity contribution is -0.122. The molecule has 2 N–H and O–H groups in total. The molecule has 1 atom stereocenters. The van der Waals surface area contributed by atoms with Gasteiger partial charge in [-0.05, 0) is 31.2 Å². The highest BCUT2D eigenvalue weighted by molar-refractivity contribution is 5.99. The second-order valence-corrected chi connectivity index (χ2v) is 7.56. The first-order valence-corrected chi connectivity index (χ1v) is 9.58. The van der Waals surface area contributed by atoms with Crippen molar-refractivity contribution in [2.75, 3.05) is 5.32 Å². The van der Waals surface area contributed by atoms with Crippen LogP contribution in [0.5, 0.6) is 5.75 Å². The second kappa shape index (κ2) is 7.96. The van der Waals surface area contributed by atoms with Crippen LogP contribution in [0.4, 0.5) is 5.82 Å². The number of aromatic nitrogens is 4. The molecular weight excluding hydrogens is 354 g/mol. The third-order valence-corrected chi connectivity index (χ3v) is 5.15. The molecule has 0 aliphatic carbocycles. The average molecular weight is 381 g/mol. The zero-order chi connectivity index (χ0) is 20.3. The van der Waals surface area contributed by atoms with E-state index in [4.69, 9.17) is 4.74 Å². The van der Waals surface area contributed by atoms with Crippen molar-refractivity contribution in [3.63, 3.8) is 0 Å². The molecule has 0 spiro atoms. The van der Waals surface area contributed by atoms with Crippen LogP contribution in [0.3, 0.4) is 0 Å². The maximum atomic E-state index is 12.9. The number of hydrogen-bond acceptors (Lipinski definition) is 5. The number of rotatable bonds is 7. The molecular formula is C21H27N5O2. The molecule has 2 heterocycles. The number of anilines is 1. The van der Waals surface area contributed by atoms with Gasteiger partial charge in [0.15, 0.2) is 17.6 Å². The van der Waals surface area contributed by atoms with Gasteiger partial charge in [0.25, 0.3) is 5.91 Å². The topological polar surface area (TPSA) is 92.8 Å². The Kier molecular flexibility index (Phi) is 5.63. The van der Waals surface area contributed by atoms with Crippen molar-refractivity contribution in [3.8, 4) is 5.75 Å². The van der Waals surface area contributed by atoms with Gasteiger partial charge >= 0.3 is 0 Å². The Balaban J connectivity index is 1.85. The standard InChI is InChI=1S/C21H27N5O2/c1-6-15(20(27)26-19-17-18(23-11-22-17)24-12-25-19)28-16-9-8-13(3)10-14(16)21(4,5)7-2/h8-12,15H,6-7H2,1-5H3,(H2,22,23,24,25,26,27). The number of carbonyl (C=O) groups excluding carboxylic acids is 1. The van der Waals surface area contributed by atoms with E-state index in [9.17, 15) is 4.79 Å². The van der Waals surface area contributed by atoms with Gasteiger partial charge in [0.05, 0.1) is 6.33 Å². The summed E-state index contributed by atoms with van der Waals surface area (Å²) >= 11 is 0. The zero-order valence-corrected chi connectivity index (χ0v) is 17.0. The molecule has 7 heteroatoms. The Bertz CT molecular complexity index is 980. The maximum Gasteiger partial charge on any atom is 0.266 e. The van der Waals surface area contributed by atoms with Gasteiger partial charge < -0.3 is 15.0 Å². The van der Waals surface area contributed by atoms with Gasteiger partial charge in [0, 0.05) is 5.56 Å². The van der Waals surface area contributed by atoms with Gasteiger partial charge in [0.2, 0.25) is 0 Å². The number of hydrogen-bond donors (Lipinski definition) is 2. The molecule has 2 aromatic heterocycles. The second-order valence-electron chi connectivity index (χ2n) is 7.56. The minimum Gasteiger partial charge on any atom is -0.480 e. The van der Waals surface area contributed by atoms with Crippen molar-refractivity contribution >= 4 is 22.9 Å². The summed E-state index contributed by atoms with van der Waals surface area (Å²) in [5, 5.41) is 2.84. The predicted molar refractivity (Wildman–Crippen MR) is 110 cm³/mol. The number of fused-ring (bicyclic) bond motifs is 1. The summed E-state index contributed by atoms with van der Waals surface area (Å²) in [7, 11) is 0. The SMILES string of the molecule is CCC(Oc1ccc(C)cc1C(C)(C)CC)C(=O)Nc1ncnc2nc[nH]c12. The fourth-order valence-electron chi connectivity index (χ4n) is 3.00. The van der Waals surface area contributed by atoms with Crippen molar-refractivity contribution < 1.29 is 9.53 Å². The number of H-pyrrole nitrogens is 1. The highest BCUT2D eigenvalue weighted by atomic mass is 16.5. The van der Waals surface area contributed by atoms with Crippen molar-refractivity contribution in [1.29, 1.82) is 0 Å². The molecule has 0 aliphatic rings. The molecule has 3 aromatic rings.